The first kappa shape index (κ1) is 22.2. The molecule has 9 heteroatoms. The van der Waals surface area contributed by atoms with E-state index in [9.17, 15) is 13.2 Å². The molecule has 1 heterocycles. The Kier molecular flexibility index (Phi) is 5.89. The highest BCUT2D eigenvalue weighted by atomic mass is 32.2. The van der Waals surface area contributed by atoms with Crippen molar-refractivity contribution in [2.45, 2.75) is 30.7 Å². The summed E-state index contributed by atoms with van der Waals surface area (Å²) < 4.78 is 38.3. The van der Waals surface area contributed by atoms with Gasteiger partial charge in [-0.05, 0) is 73.8 Å². The summed E-state index contributed by atoms with van der Waals surface area (Å²) in [5, 5.41) is 6.11. The maximum Gasteiger partial charge on any atom is 0.255 e. The van der Waals surface area contributed by atoms with Gasteiger partial charge < -0.3 is 20.1 Å². The largest absolute Gasteiger partial charge is 0.454 e. The molecule has 8 nitrogen and oxygen atoms in total. The van der Waals surface area contributed by atoms with E-state index in [4.69, 9.17) is 9.47 Å². The lowest BCUT2D eigenvalue weighted by atomic mass is 10.1. The third-order valence-electron chi connectivity index (χ3n) is 6.07. The minimum atomic E-state index is -3.76. The minimum Gasteiger partial charge on any atom is -0.454 e. The van der Waals surface area contributed by atoms with E-state index >= 15 is 0 Å². The van der Waals surface area contributed by atoms with Gasteiger partial charge in [-0.3, -0.25) is 4.79 Å². The first-order valence-electron chi connectivity index (χ1n) is 11.1. The molecule has 2 aliphatic rings. The third kappa shape index (κ3) is 4.44. The molecule has 34 heavy (non-hydrogen) atoms. The molecular formula is C25H25N3O5S. The first-order chi connectivity index (χ1) is 16.4. The number of fused-ring (bicyclic) bond motifs is 2. The van der Waals surface area contributed by atoms with Crippen molar-refractivity contribution >= 4 is 27.3 Å². The maximum absolute atomic E-state index is 13.1. The number of rotatable bonds is 7. The Morgan fingerprint density at radius 3 is 2.68 bits per heavy atom. The SMILES string of the molecule is CNS(=O)(=O)c1cc(NCc2cccc3c2OCO3)cc(C(=O)Nc2ccc3c(c2)CCC3)c1. The van der Waals surface area contributed by atoms with E-state index < -0.39 is 10.0 Å². The summed E-state index contributed by atoms with van der Waals surface area (Å²) in [6, 6.07) is 16.0. The average molecular weight is 480 g/mol. The Morgan fingerprint density at radius 2 is 1.82 bits per heavy atom. The van der Waals surface area contributed by atoms with Gasteiger partial charge in [-0.1, -0.05) is 18.2 Å². The predicted octanol–water partition coefficient (Wildman–Crippen LogP) is 3.68. The summed E-state index contributed by atoms with van der Waals surface area (Å²) in [5.41, 5.74) is 4.84. The Bertz CT molecular complexity index is 1370. The molecule has 0 unspecified atom stereocenters. The van der Waals surface area contributed by atoms with Crippen LogP contribution in [0.4, 0.5) is 11.4 Å². The van der Waals surface area contributed by atoms with Crippen molar-refractivity contribution in [1.29, 1.82) is 0 Å². The Hall–Kier alpha value is -3.56. The monoisotopic (exact) mass is 479 g/mol. The summed E-state index contributed by atoms with van der Waals surface area (Å²) in [4.78, 5) is 13.1. The van der Waals surface area contributed by atoms with Gasteiger partial charge >= 0.3 is 0 Å². The number of hydrogen-bond acceptors (Lipinski definition) is 6. The van der Waals surface area contributed by atoms with Gasteiger partial charge in [0.2, 0.25) is 16.8 Å². The molecule has 176 valence electrons. The summed E-state index contributed by atoms with van der Waals surface area (Å²) in [6.45, 7) is 0.525. The van der Waals surface area contributed by atoms with Crippen molar-refractivity contribution in [1.82, 2.24) is 4.72 Å². The number of aryl methyl sites for hydroxylation is 2. The average Bonchev–Trinajstić information content (AvgIpc) is 3.52. The van der Waals surface area contributed by atoms with Crippen LogP contribution < -0.4 is 24.8 Å². The van der Waals surface area contributed by atoms with Gasteiger partial charge in [0.05, 0.1) is 4.90 Å². The lowest BCUT2D eigenvalue weighted by Gasteiger charge is -2.13. The highest BCUT2D eigenvalue weighted by Gasteiger charge is 2.20. The lowest BCUT2D eigenvalue weighted by molar-refractivity contribution is 0.102. The third-order valence-corrected chi connectivity index (χ3v) is 7.46. The van der Waals surface area contributed by atoms with Crippen LogP contribution in [0.2, 0.25) is 0 Å². The second-order valence-corrected chi connectivity index (χ2v) is 10.1. The van der Waals surface area contributed by atoms with Gasteiger partial charge in [-0.15, -0.1) is 0 Å². The predicted molar refractivity (Wildman–Crippen MR) is 129 cm³/mol. The summed E-state index contributed by atoms with van der Waals surface area (Å²) in [6.07, 6.45) is 3.18. The van der Waals surface area contributed by atoms with Crippen molar-refractivity contribution in [2.75, 3.05) is 24.5 Å². The molecule has 1 amide bonds. The summed E-state index contributed by atoms with van der Waals surface area (Å²) in [5.74, 6) is 0.940. The van der Waals surface area contributed by atoms with E-state index in [0.717, 1.165) is 24.8 Å². The van der Waals surface area contributed by atoms with Crippen molar-refractivity contribution in [3.8, 4) is 11.5 Å². The van der Waals surface area contributed by atoms with Gasteiger partial charge in [-0.2, -0.15) is 0 Å². The molecule has 1 aliphatic heterocycles. The maximum atomic E-state index is 13.1. The molecule has 0 radical (unpaired) electrons. The minimum absolute atomic E-state index is 0.00280. The number of hydrogen-bond donors (Lipinski definition) is 3. The first-order valence-corrected chi connectivity index (χ1v) is 12.5. The van der Waals surface area contributed by atoms with E-state index in [1.807, 2.05) is 36.4 Å². The van der Waals surface area contributed by atoms with Gasteiger partial charge in [0.15, 0.2) is 11.5 Å². The molecule has 0 atom stereocenters. The Balaban J connectivity index is 1.41. The number of ether oxygens (including phenoxy) is 2. The Morgan fingerprint density at radius 1 is 0.971 bits per heavy atom. The zero-order valence-corrected chi connectivity index (χ0v) is 19.5. The molecule has 3 aromatic rings. The molecule has 0 fully saturated rings. The number of sulfonamides is 1. The quantitative estimate of drug-likeness (QED) is 0.478. The van der Waals surface area contributed by atoms with Crippen LogP contribution in [0.5, 0.6) is 11.5 Å². The van der Waals surface area contributed by atoms with E-state index in [1.54, 1.807) is 6.07 Å². The number of para-hydroxylation sites is 1. The fourth-order valence-electron chi connectivity index (χ4n) is 4.29. The lowest BCUT2D eigenvalue weighted by Crippen LogP contribution is -2.20. The van der Waals surface area contributed by atoms with Gasteiger partial charge in [0, 0.05) is 29.0 Å². The molecule has 0 saturated carbocycles. The number of amides is 1. The van der Waals surface area contributed by atoms with Crippen LogP contribution in [0.3, 0.4) is 0 Å². The number of carbonyl (C=O) groups is 1. The van der Waals surface area contributed by atoms with Crippen LogP contribution in [-0.4, -0.2) is 28.2 Å². The second kappa shape index (κ2) is 9.00. The summed E-state index contributed by atoms with van der Waals surface area (Å²) >= 11 is 0. The van der Waals surface area contributed by atoms with E-state index in [1.165, 1.54) is 30.3 Å². The standard InChI is InChI=1S/C25H25N3O5S/c1-26-34(30,31)22-12-19(25(29)28-20-9-8-16-4-2-5-17(16)10-20)11-21(13-22)27-14-18-6-3-7-23-24(18)33-15-32-23/h3,6-13,26-27H,2,4-5,14-15H2,1H3,(H,28,29). The van der Waals surface area contributed by atoms with Crippen molar-refractivity contribution in [2.24, 2.45) is 0 Å². The normalized spacial score (nSPS) is 14.0. The number of benzene rings is 3. The molecule has 3 N–H and O–H groups in total. The van der Waals surface area contributed by atoms with Crippen molar-refractivity contribution in [3.63, 3.8) is 0 Å². The van der Waals surface area contributed by atoms with Crippen LogP contribution in [0.25, 0.3) is 0 Å². The van der Waals surface area contributed by atoms with Crippen LogP contribution >= 0.6 is 0 Å². The van der Waals surface area contributed by atoms with Gasteiger partial charge in [0.1, 0.15) is 0 Å². The molecule has 0 bridgehead atoms. The topological polar surface area (TPSA) is 106 Å². The van der Waals surface area contributed by atoms with Gasteiger partial charge in [0.25, 0.3) is 5.91 Å². The zero-order chi connectivity index (χ0) is 23.7. The van der Waals surface area contributed by atoms with Gasteiger partial charge in [-0.25, -0.2) is 13.1 Å². The summed E-state index contributed by atoms with van der Waals surface area (Å²) in [7, 11) is -2.43. The second-order valence-electron chi connectivity index (χ2n) is 8.25. The van der Waals surface area contributed by atoms with Crippen molar-refractivity contribution < 1.29 is 22.7 Å². The molecule has 1 aliphatic carbocycles. The van der Waals surface area contributed by atoms with Crippen LogP contribution in [0.1, 0.15) is 33.5 Å². The highest BCUT2D eigenvalue weighted by molar-refractivity contribution is 7.89. The molecule has 3 aromatic carbocycles. The number of nitrogens with one attached hydrogen (secondary N) is 3. The van der Waals surface area contributed by atoms with E-state index in [-0.39, 0.29) is 23.2 Å². The molecule has 0 saturated heterocycles. The molecule has 0 aromatic heterocycles. The molecule has 5 rings (SSSR count). The zero-order valence-electron chi connectivity index (χ0n) is 18.7. The Labute approximate surface area is 198 Å². The van der Waals surface area contributed by atoms with E-state index in [0.29, 0.717) is 29.4 Å². The van der Waals surface area contributed by atoms with Crippen LogP contribution in [0.15, 0.2) is 59.5 Å². The number of carbonyl (C=O) groups excluding carboxylic acids is 1. The number of anilines is 2. The molecule has 0 spiro atoms. The highest BCUT2D eigenvalue weighted by Crippen LogP contribution is 2.35. The fraction of sp³-hybridized carbons (Fsp3) is 0.240. The van der Waals surface area contributed by atoms with Crippen molar-refractivity contribution in [3.05, 3.63) is 76.9 Å². The van der Waals surface area contributed by atoms with E-state index in [2.05, 4.69) is 15.4 Å². The fourth-order valence-corrected chi connectivity index (χ4v) is 5.09. The van der Waals surface area contributed by atoms with Crippen LogP contribution in [0, 0.1) is 0 Å². The molecular weight excluding hydrogens is 454 g/mol. The smallest absolute Gasteiger partial charge is 0.255 e. The van der Waals surface area contributed by atoms with Crippen LogP contribution in [-0.2, 0) is 29.4 Å².